The number of nitrogens with one attached hydrogen (secondary N) is 1. The van der Waals surface area contributed by atoms with Crippen molar-refractivity contribution < 1.29 is 4.79 Å². The summed E-state index contributed by atoms with van der Waals surface area (Å²) in [5.41, 5.74) is 7.42. The van der Waals surface area contributed by atoms with Crippen LogP contribution in [0.4, 0.5) is 0 Å². The molecule has 1 aromatic heterocycles. The average Bonchev–Trinajstić information content (AvgIpc) is 3.27. The maximum Gasteiger partial charge on any atom is 0.250 e. The lowest BCUT2D eigenvalue weighted by Crippen LogP contribution is -2.34. The number of amides is 1. The highest BCUT2D eigenvalue weighted by Gasteiger charge is 2.60. The van der Waals surface area contributed by atoms with Gasteiger partial charge in [0.1, 0.15) is 0 Å². The molecule has 1 aromatic carbocycles. The van der Waals surface area contributed by atoms with Crippen LogP contribution in [0.1, 0.15) is 51.2 Å². The first-order chi connectivity index (χ1) is 13.7. The van der Waals surface area contributed by atoms with Gasteiger partial charge in [0.2, 0.25) is 5.16 Å². The topological polar surface area (TPSA) is 85.1 Å². The highest BCUT2D eigenvalue weighted by molar-refractivity contribution is 7.99. The van der Waals surface area contributed by atoms with Crippen molar-refractivity contribution >= 4 is 23.4 Å². The number of aryl methyl sites for hydroxylation is 2. The number of thioether (sulfide) groups is 1. The van der Waals surface area contributed by atoms with Gasteiger partial charge in [-0.05, 0) is 66.5 Å². The summed E-state index contributed by atoms with van der Waals surface area (Å²) in [4.78, 5) is 12.4. The summed E-state index contributed by atoms with van der Waals surface area (Å²) in [6.07, 6.45) is 3.40. The monoisotopic (exact) mass is 412 g/mol. The molecule has 2 aliphatic rings. The van der Waals surface area contributed by atoms with Crippen molar-refractivity contribution in [2.45, 2.75) is 59.0 Å². The van der Waals surface area contributed by atoms with Gasteiger partial charge in [-0.15, -0.1) is 5.10 Å². The predicted molar refractivity (Wildman–Crippen MR) is 114 cm³/mol. The quantitative estimate of drug-likeness (QED) is 0.598. The van der Waals surface area contributed by atoms with E-state index >= 15 is 0 Å². The third-order valence-corrected chi connectivity index (χ3v) is 8.10. The fourth-order valence-electron chi connectivity index (χ4n) is 4.85. The summed E-state index contributed by atoms with van der Waals surface area (Å²) in [7, 11) is 0. The standard InChI is InChI=1S/C21H28N6OS/c1-13-6-7-16(14(2)10-13)27-19(24-25-26-27)29-12-18(28)23-22-17-11-15-8-9-21(17,5)20(15,3)4/h6-7,10,15H,8-9,11-12H2,1-5H3,(H,23,28)/b22-17+. The van der Waals surface area contributed by atoms with Crippen molar-refractivity contribution in [3.8, 4) is 5.69 Å². The number of nitrogens with zero attached hydrogens (tertiary/aromatic N) is 5. The van der Waals surface area contributed by atoms with Crippen LogP contribution in [0.15, 0.2) is 28.5 Å². The Morgan fingerprint density at radius 3 is 2.79 bits per heavy atom. The fraction of sp³-hybridized carbons (Fsp3) is 0.571. The number of tetrazole rings is 1. The molecule has 7 nitrogen and oxygen atoms in total. The molecule has 2 saturated carbocycles. The van der Waals surface area contributed by atoms with Crippen LogP contribution in [0.25, 0.3) is 5.69 Å². The SMILES string of the molecule is Cc1ccc(-n2nnnc2SCC(=O)N/N=C2\CC3CCC2(C)C3(C)C)c(C)c1. The minimum atomic E-state index is -0.137. The minimum Gasteiger partial charge on any atom is -0.272 e. The molecule has 2 aliphatic carbocycles. The lowest BCUT2D eigenvalue weighted by atomic mass is 9.70. The number of carbonyl (C=O) groups is 1. The second kappa shape index (κ2) is 7.23. The van der Waals surface area contributed by atoms with E-state index in [0.29, 0.717) is 11.1 Å². The maximum atomic E-state index is 12.4. The summed E-state index contributed by atoms with van der Waals surface area (Å²) in [6, 6.07) is 6.11. The molecule has 2 fully saturated rings. The highest BCUT2D eigenvalue weighted by atomic mass is 32.2. The second-order valence-electron chi connectivity index (χ2n) is 9.04. The van der Waals surface area contributed by atoms with E-state index in [-0.39, 0.29) is 22.5 Å². The van der Waals surface area contributed by atoms with Crippen molar-refractivity contribution in [3.63, 3.8) is 0 Å². The van der Waals surface area contributed by atoms with E-state index in [1.54, 1.807) is 4.68 Å². The number of fused-ring (bicyclic) bond motifs is 2. The Labute approximate surface area is 175 Å². The highest BCUT2D eigenvalue weighted by Crippen LogP contribution is 2.63. The lowest BCUT2D eigenvalue weighted by Gasteiger charge is -2.34. The number of carbonyl (C=O) groups excluding carboxylic acids is 1. The molecule has 2 atom stereocenters. The van der Waals surface area contributed by atoms with Crippen LogP contribution >= 0.6 is 11.8 Å². The zero-order chi connectivity index (χ0) is 20.8. The third-order valence-electron chi connectivity index (χ3n) is 7.18. The first-order valence-corrected chi connectivity index (χ1v) is 11.1. The maximum absolute atomic E-state index is 12.4. The van der Waals surface area contributed by atoms with Crippen LogP contribution in [0.3, 0.4) is 0 Å². The molecule has 2 aromatic rings. The van der Waals surface area contributed by atoms with Crippen molar-refractivity contribution in [2.75, 3.05) is 5.75 Å². The molecule has 1 amide bonds. The Hall–Kier alpha value is -2.22. The number of aromatic nitrogens is 4. The first-order valence-electron chi connectivity index (χ1n) is 10.1. The largest absolute Gasteiger partial charge is 0.272 e. The van der Waals surface area contributed by atoms with Gasteiger partial charge in [0.25, 0.3) is 5.91 Å². The van der Waals surface area contributed by atoms with Gasteiger partial charge in [-0.25, -0.2) is 5.43 Å². The van der Waals surface area contributed by atoms with Crippen molar-refractivity contribution in [3.05, 3.63) is 29.3 Å². The Morgan fingerprint density at radius 2 is 2.14 bits per heavy atom. The molecule has 2 unspecified atom stereocenters. The van der Waals surface area contributed by atoms with Gasteiger partial charge in [0.05, 0.1) is 11.4 Å². The number of rotatable bonds is 5. The Kier molecular flexibility index (Phi) is 5.01. The van der Waals surface area contributed by atoms with Gasteiger partial charge in [0, 0.05) is 11.1 Å². The fourth-order valence-corrected chi connectivity index (χ4v) is 5.53. The molecule has 0 radical (unpaired) electrons. The van der Waals surface area contributed by atoms with E-state index < -0.39 is 0 Å². The van der Waals surface area contributed by atoms with Crippen LogP contribution in [0.2, 0.25) is 0 Å². The van der Waals surface area contributed by atoms with Gasteiger partial charge in [-0.3, -0.25) is 4.79 Å². The Balaban J connectivity index is 1.40. The normalized spacial score (nSPS) is 26.2. The Morgan fingerprint density at radius 1 is 1.34 bits per heavy atom. The first kappa shape index (κ1) is 20.1. The van der Waals surface area contributed by atoms with Crippen molar-refractivity contribution in [1.82, 2.24) is 25.6 Å². The summed E-state index contributed by atoms with van der Waals surface area (Å²) < 4.78 is 1.68. The van der Waals surface area contributed by atoms with Crippen molar-refractivity contribution in [1.29, 1.82) is 0 Å². The average molecular weight is 413 g/mol. The van der Waals surface area contributed by atoms with Gasteiger partial charge in [0.15, 0.2) is 0 Å². The number of hydrazone groups is 1. The molecule has 0 aliphatic heterocycles. The molecular weight excluding hydrogens is 384 g/mol. The van der Waals surface area contributed by atoms with Gasteiger partial charge in [-0.2, -0.15) is 9.78 Å². The molecule has 1 N–H and O–H groups in total. The molecule has 2 bridgehead atoms. The third kappa shape index (κ3) is 3.37. The van der Waals surface area contributed by atoms with Crippen LogP contribution in [-0.2, 0) is 4.79 Å². The molecule has 29 heavy (non-hydrogen) atoms. The van der Waals surface area contributed by atoms with E-state index in [2.05, 4.69) is 59.8 Å². The number of benzene rings is 1. The van der Waals surface area contributed by atoms with E-state index in [1.807, 2.05) is 19.1 Å². The molecule has 8 heteroatoms. The van der Waals surface area contributed by atoms with E-state index in [1.165, 1.54) is 23.7 Å². The summed E-state index contributed by atoms with van der Waals surface area (Å²) in [5, 5.41) is 17.1. The molecule has 0 saturated heterocycles. The predicted octanol–water partition coefficient (Wildman–Crippen LogP) is 3.69. The van der Waals surface area contributed by atoms with E-state index in [0.717, 1.165) is 29.8 Å². The summed E-state index contributed by atoms with van der Waals surface area (Å²) >= 11 is 1.31. The summed E-state index contributed by atoms with van der Waals surface area (Å²) in [6.45, 7) is 11.0. The van der Waals surface area contributed by atoms with Crippen LogP contribution in [0.5, 0.6) is 0 Å². The molecule has 1 heterocycles. The van der Waals surface area contributed by atoms with E-state index in [4.69, 9.17) is 0 Å². The van der Waals surface area contributed by atoms with Crippen molar-refractivity contribution in [2.24, 2.45) is 21.8 Å². The Bertz CT molecular complexity index is 981. The van der Waals surface area contributed by atoms with Crippen LogP contribution in [0, 0.1) is 30.6 Å². The van der Waals surface area contributed by atoms with Gasteiger partial charge >= 0.3 is 0 Å². The van der Waals surface area contributed by atoms with Gasteiger partial charge < -0.3 is 0 Å². The zero-order valence-corrected chi connectivity index (χ0v) is 18.5. The molecule has 154 valence electrons. The second-order valence-corrected chi connectivity index (χ2v) is 9.98. The smallest absolute Gasteiger partial charge is 0.250 e. The number of hydrogen-bond donors (Lipinski definition) is 1. The van der Waals surface area contributed by atoms with Gasteiger partial charge in [-0.1, -0.05) is 50.2 Å². The van der Waals surface area contributed by atoms with Crippen LogP contribution < -0.4 is 5.43 Å². The summed E-state index contributed by atoms with van der Waals surface area (Å²) in [5.74, 6) is 0.743. The lowest BCUT2D eigenvalue weighted by molar-refractivity contribution is -0.118. The van der Waals surface area contributed by atoms with Crippen LogP contribution in [-0.4, -0.2) is 37.6 Å². The molecule has 4 rings (SSSR count). The minimum absolute atomic E-state index is 0.0884. The number of hydrogen-bond acceptors (Lipinski definition) is 6. The zero-order valence-electron chi connectivity index (χ0n) is 17.7. The molecular formula is C21H28N6OS. The molecule has 0 spiro atoms. The van der Waals surface area contributed by atoms with E-state index in [9.17, 15) is 4.79 Å².